The van der Waals surface area contributed by atoms with Gasteiger partial charge in [-0.3, -0.25) is 4.90 Å². The lowest BCUT2D eigenvalue weighted by Crippen LogP contribution is -2.46. The van der Waals surface area contributed by atoms with E-state index in [1.54, 1.807) is 7.11 Å². The maximum absolute atomic E-state index is 6.46. The van der Waals surface area contributed by atoms with Crippen LogP contribution < -0.4 is 5.73 Å². The van der Waals surface area contributed by atoms with Crippen molar-refractivity contribution in [3.05, 3.63) is 34.3 Å². The third kappa shape index (κ3) is 5.37. The molecule has 3 atom stereocenters. The largest absolute Gasteiger partial charge is 0.383 e. The number of ether oxygens (including phenoxy) is 1. The van der Waals surface area contributed by atoms with Crippen LogP contribution in [0.3, 0.4) is 0 Å². The summed E-state index contributed by atoms with van der Waals surface area (Å²) in [7, 11) is 1.75. The molecule has 0 bridgehead atoms. The van der Waals surface area contributed by atoms with Gasteiger partial charge in [0, 0.05) is 30.2 Å². The number of hydrogen-bond donors (Lipinski definition) is 1. The molecule has 0 heterocycles. The van der Waals surface area contributed by atoms with Crippen LogP contribution >= 0.6 is 15.9 Å². The fraction of sp³-hybridized carbons (Fsp3) is 0.647. The molecule has 0 aliphatic rings. The Kier molecular flexibility index (Phi) is 8.49. The Labute approximate surface area is 138 Å². The minimum absolute atomic E-state index is 0.122. The van der Waals surface area contributed by atoms with E-state index in [0.29, 0.717) is 6.04 Å². The molecule has 1 aromatic rings. The third-order valence-electron chi connectivity index (χ3n) is 4.16. The zero-order valence-corrected chi connectivity index (χ0v) is 15.3. The van der Waals surface area contributed by atoms with Gasteiger partial charge < -0.3 is 10.5 Å². The number of nitrogens with zero attached hydrogens (tertiary/aromatic N) is 1. The number of benzene rings is 1. The van der Waals surface area contributed by atoms with E-state index in [1.807, 2.05) is 0 Å². The Morgan fingerprint density at radius 3 is 2.29 bits per heavy atom. The Morgan fingerprint density at radius 1 is 1.19 bits per heavy atom. The number of rotatable bonds is 9. The highest BCUT2D eigenvalue weighted by molar-refractivity contribution is 9.10. The van der Waals surface area contributed by atoms with Crippen molar-refractivity contribution >= 4 is 15.9 Å². The van der Waals surface area contributed by atoms with Crippen LogP contribution in [-0.2, 0) is 4.74 Å². The topological polar surface area (TPSA) is 38.5 Å². The molecule has 0 amide bonds. The highest BCUT2D eigenvalue weighted by atomic mass is 79.9. The maximum Gasteiger partial charge on any atom is 0.0590 e. The summed E-state index contributed by atoms with van der Waals surface area (Å²) in [4.78, 5) is 2.49. The van der Waals surface area contributed by atoms with E-state index < -0.39 is 0 Å². The van der Waals surface area contributed by atoms with Crippen LogP contribution in [0.25, 0.3) is 0 Å². The van der Waals surface area contributed by atoms with E-state index in [9.17, 15) is 0 Å². The molecule has 1 rings (SSSR count). The van der Waals surface area contributed by atoms with Crippen LogP contribution in [0.15, 0.2) is 28.7 Å². The fourth-order valence-corrected chi connectivity index (χ4v) is 2.90. The molecule has 0 fully saturated rings. The molecule has 4 heteroatoms. The molecule has 0 spiro atoms. The summed E-state index contributed by atoms with van der Waals surface area (Å²) in [5.41, 5.74) is 7.74. The highest BCUT2D eigenvalue weighted by Crippen LogP contribution is 2.28. The van der Waals surface area contributed by atoms with E-state index >= 15 is 0 Å². The predicted octanol–water partition coefficient (Wildman–Crippen LogP) is 3.97. The van der Waals surface area contributed by atoms with Crippen molar-refractivity contribution in [2.24, 2.45) is 5.73 Å². The summed E-state index contributed by atoms with van der Waals surface area (Å²) in [6.07, 6.45) is 2.06. The maximum atomic E-state index is 6.46. The molecule has 1 aromatic carbocycles. The molecule has 0 radical (unpaired) electrons. The Bertz CT molecular complexity index is 396. The molecule has 3 unspecified atom stereocenters. The van der Waals surface area contributed by atoms with Crippen molar-refractivity contribution < 1.29 is 4.74 Å². The number of hydrogen-bond acceptors (Lipinski definition) is 3. The molecule has 0 aliphatic heterocycles. The van der Waals surface area contributed by atoms with Gasteiger partial charge in [0.15, 0.2) is 0 Å². The quantitative estimate of drug-likeness (QED) is 0.727. The van der Waals surface area contributed by atoms with Crippen LogP contribution in [0.4, 0.5) is 0 Å². The number of methoxy groups -OCH3 is 1. The first kappa shape index (κ1) is 18.6. The molecule has 0 aromatic heterocycles. The van der Waals surface area contributed by atoms with Gasteiger partial charge in [0.2, 0.25) is 0 Å². The van der Waals surface area contributed by atoms with Crippen molar-refractivity contribution in [2.75, 3.05) is 20.3 Å². The standard InChI is InChI=1S/C17H29BrN2O/c1-5-13(3)20(11-12-21-4)17(16(19)6-2)14-7-9-15(18)10-8-14/h7-10,13,16-17H,5-6,11-12,19H2,1-4H3. The van der Waals surface area contributed by atoms with Crippen LogP contribution in [0.1, 0.15) is 45.2 Å². The molecular formula is C17H29BrN2O. The second-order valence-electron chi connectivity index (χ2n) is 5.56. The second-order valence-corrected chi connectivity index (χ2v) is 6.47. The molecule has 3 nitrogen and oxygen atoms in total. The third-order valence-corrected chi connectivity index (χ3v) is 4.69. The minimum atomic E-state index is 0.122. The molecule has 0 saturated carbocycles. The smallest absolute Gasteiger partial charge is 0.0590 e. The molecule has 2 N–H and O–H groups in total. The Morgan fingerprint density at radius 2 is 1.81 bits per heavy atom. The highest BCUT2D eigenvalue weighted by Gasteiger charge is 2.28. The zero-order chi connectivity index (χ0) is 15.8. The van der Waals surface area contributed by atoms with E-state index in [0.717, 1.165) is 30.5 Å². The minimum Gasteiger partial charge on any atom is -0.383 e. The van der Waals surface area contributed by atoms with Gasteiger partial charge in [0.1, 0.15) is 0 Å². The number of nitrogens with two attached hydrogens (primary N) is 1. The fourth-order valence-electron chi connectivity index (χ4n) is 2.63. The van der Waals surface area contributed by atoms with Gasteiger partial charge in [-0.2, -0.15) is 0 Å². The summed E-state index contributed by atoms with van der Waals surface area (Å²) < 4.78 is 6.39. The predicted molar refractivity (Wildman–Crippen MR) is 93.5 cm³/mol. The summed E-state index contributed by atoms with van der Waals surface area (Å²) in [5, 5.41) is 0. The Balaban J connectivity index is 3.09. The van der Waals surface area contributed by atoms with Gasteiger partial charge in [-0.1, -0.05) is 41.9 Å². The van der Waals surface area contributed by atoms with E-state index in [4.69, 9.17) is 10.5 Å². The number of halogens is 1. The monoisotopic (exact) mass is 356 g/mol. The summed E-state index contributed by atoms with van der Waals surface area (Å²) in [6.45, 7) is 8.28. The van der Waals surface area contributed by atoms with Crippen LogP contribution in [-0.4, -0.2) is 37.2 Å². The van der Waals surface area contributed by atoms with Crippen LogP contribution in [0.5, 0.6) is 0 Å². The van der Waals surface area contributed by atoms with Gasteiger partial charge in [-0.15, -0.1) is 0 Å². The van der Waals surface area contributed by atoms with Gasteiger partial charge in [-0.05, 0) is 37.5 Å². The summed E-state index contributed by atoms with van der Waals surface area (Å²) in [5.74, 6) is 0. The first-order chi connectivity index (χ1) is 10.0. The lowest BCUT2D eigenvalue weighted by molar-refractivity contribution is 0.0755. The molecule has 0 saturated heterocycles. The van der Waals surface area contributed by atoms with Gasteiger partial charge in [-0.25, -0.2) is 0 Å². The zero-order valence-electron chi connectivity index (χ0n) is 13.7. The average Bonchev–Trinajstić information content (AvgIpc) is 2.51. The van der Waals surface area contributed by atoms with Crippen LogP contribution in [0.2, 0.25) is 0 Å². The van der Waals surface area contributed by atoms with Crippen LogP contribution in [0, 0.1) is 0 Å². The van der Waals surface area contributed by atoms with Crippen molar-refractivity contribution in [3.8, 4) is 0 Å². The van der Waals surface area contributed by atoms with E-state index in [1.165, 1.54) is 5.56 Å². The van der Waals surface area contributed by atoms with E-state index in [-0.39, 0.29) is 12.1 Å². The first-order valence-electron chi connectivity index (χ1n) is 7.80. The summed E-state index contributed by atoms with van der Waals surface area (Å²) >= 11 is 3.51. The molecule has 0 aliphatic carbocycles. The van der Waals surface area contributed by atoms with Gasteiger partial charge in [0.25, 0.3) is 0 Å². The average molecular weight is 357 g/mol. The normalized spacial score (nSPS) is 16.0. The van der Waals surface area contributed by atoms with Crippen molar-refractivity contribution in [1.82, 2.24) is 4.90 Å². The lowest BCUT2D eigenvalue weighted by atomic mass is 9.94. The molecular weight excluding hydrogens is 328 g/mol. The summed E-state index contributed by atoms with van der Waals surface area (Å²) in [6, 6.07) is 9.36. The molecule has 21 heavy (non-hydrogen) atoms. The first-order valence-corrected chi connectivity index (χ1v) is 8.60. The van der Waals surface area contributed by atoms with Gasteiger partial charge >= 0.3 is 0 Å². The SMILES string of the molecule is CCC(N)C(c1ccc(Br)cc1)N(CCOC)C(C)CC. The molecule has 120 valence electrons. The van der Waals surface area contributed by atoms with Crippen molar-refractivity contribution in [3.63, 3.8) is 0 Å². The Hall–Kier alpha value is -0.420. The van der Waals surface area contributed by atoms with E-state index in [2.05, 4.69) is 65.9 Å². The van der Waals surface area contributed by atoms with Gasteiger partial charge in [0.05, 0.1) is 12.6 Å². The van der Waals surface area contributed by atoms with Crippen molar-refractivity contribution in [2.45, 2.75) is 51.7 Å². The lowest BCUT2D eigenvalue weighted by Gasteiger charge is -2.39. The van der Waals surface area contributed by atoms with Crippen molar-refractivity contribution in [1.29, 1.82) is 0 Å². The second kappa shape index (κ2) is 9.57.